The first-order chi connectivity index (χ1) is 8.92. The van der Waals surface area contributed by atoms with Crippen LogP contribution in [0.2, 0.25) is 0 Å². The van der Waals surface area contributed by atoms with E-state index in [-0.39, 0.29) is 0 Å². The highest BCUT2D eigenvalue weighted by Gasteiger charge is 2.20. The second-order valence-electron chi connectivity index (χ2n) is 4.79. The van der Waals surface area contributed by atoms with Gasteiger partial charge in [-0.3, -0.25) is 0 Å². The lowest BCUT2D eigenvalue weighted by atomic mass is 10.1. The highest BCUT2D eigenvalue weighted by Crippen LogP contribution is 2.21. The molecule has 0 radical (unpaired) electrons. The molecule has 0 unspecified atom stereocenters. The van der Waals surface area contributed by atoms with Crippen LogP contribution in [0.15, 0.2) is 29.9 Å². The van der Waals surface area contributed by atoms with Crippen LogP contribution >= 0.6 is 11.3 Å². The molecule has 1 saturated heterocycles. The van der Waals surface area contributed by atoms with Gasteiger partial charge in [0.25, 0.3) is 0 Å². The van der Waals surface area contributed by atoms with Crippen molar-refractivity contribution in [3.05, 3.63) is 34.8 Å². The van der Waals surface area contributed by atoms with E-state index >= 15 is 0 Å². The zero-order chi connectivity index (χ0) is 12.2. The van der Waals surface area contributed by atoms with Gasteiger partial charge >= 0.3 is 0 Å². The molecule has 0 N–H and O–H groups in total. The summed E-state index contributed by atoms with van der Waals surface area (Å²) in [6.45, 7) is 3.54. The van der Waals surface area contributed by atoms with Crippen LogP contribution in [0.4, 0.5) is 0 Å². The van der Waals surface area contributed by atoms with E-state index in [1.54, 1.807) is 6.20 Å². The number of rotatable bonds is 4. The normalized spacial score (nSPS) is 18.2. The van der Waals surface area contributed by atoms with Gasteiger partial charge in [0.2, 0.25) is 0 Å². The van der Waals surface area contributed by atoms with Crippen LogP contribution in [0.5, 0.6) is 0 Å². The number of hydrogen-bond donors (Lipinski definition) is 0. The summed E-state index contributed by atoms with van der Waals surface area (Å²) in [4.78, 5) is 4.06. The van der Waals surface area contributed by atoms with Crippen molar-refractivity contribution in [2.24, 2.45) is 0 Å². The molecule has 3 heterocycles. The van der Waals surface area contributed by atoms with Gasteiger partial charge in [-0.15, -0.1) is 16.4 Å². The van der Waals surface area contributed by atoms with Crippen LogP contribution in [0.25, 0.3) is 0 Å². The van der Waals surface area contributed by atoms with Gasteiger partial charge in [0, 0.05) is 30.7 Å². The zero-order valence-electron chi connectivity index (χ0n) is 10.4. The number of nitrogens with zero attached hydrogens (tertiary/aromatic N) is 4. The fraction of sp³-hybridized carbons (Fsp3) is 0.538. The fourth-order valence-corrected chi connectivity index (χ4v) is 3.24. The summed E-state index contributed by atoms with van der Waals surface area (Å²) in [7, 11) is 0. The van der Waals surface area contributed by atoms with E-state index in [2.05, 4.69) is 32.7 Å². The average Bonchev–Trinajstić information content (AvgIpc) is 3.10. The molecule has 3 rings (SSSR count). The lowest BCUT2D eigenvalue weighted by Gasteiger charge is -2.31. The summed E-state index contributed by atoms with van der Waals surface area (Å²) in [5, 5.41) is 10.1. The number of piperidine rings is 1. The molecule has 5 heteroatoms. The minimum Gasteiger partial charge on any atom is -0.303 e. The Kier molecular flexibility index (Phi) is 3.71. The molecule has 1 fully saturated rings. The summed E-state index contributed by atoms with van der Waals surface area (Å²) in [5.41, 5.74) is 0. The first-order valence-corrected chi connectivity index (χ1v) is 7.40. The van der Waals surface area contributed by atoms with E-state index < -0.39 is 0 Å². The molecule has 0 aliphatic carbocycles. The molecular weight excluding hydrogens is 244 g/mol. The van der Waals surface area contributed by atoms with Gasteiger partial charge in [-0.1, -0.05) is 11.3 Å². The third-order valence-electron chi connectivity index (χ3n) is 3.63. The topological polar surface area (TPSA) is 34.0 Å². The first kappa shape index (κ1) is 11.9. The number of aromatic nitrogens is 3. The molecule has 0 amide bonds. The van der Waals surface area contributed by atoms with Crippen molar-refractivity contribution in [3.63, 3.8) is 0 Å². The number of thiophene rings is 1. The number of likely N-dealkylation sites (tertiary alicyclic amines) is 1. The van der Waals surface area contributed by atoms with Crippen molar-refractivity contribution in [3.8, 4) is 0 Å². The molecular formula is C13H18N4S. The van der Waals surface area contributed by atoms with E-state index in [1.165, 1.54) is 43.8 Å². The van der Waals surface area contributed by atoms with Gasteiger partial charge in [-0.05, 0) is 30.7 Å². The van der Waals surface area contributed by atoms with Crippen molar-refractivity contribution >= 4 is 11.3 Å². The Morgan fingerprint density at radius 2 is 2.22 bits per heavy atom. The molecule has 1 aliphatic heterocycles. The molecule has 0 atom stereocenters. The van der Waals surface area contributed by atoms with Crippen LogP contribution in [0.3, 0.4) is 0 Å². The molecule has 4 nitrogen and oxygen atoms in total. The predicted molar refractivity (Wildman–Crippen MR) is 72.8 cm³/mol. The van der Waals surface area contributed by atoms with E-state index in [9.17, 15) is 0 Å². The number of hydrogen-bond acceptors (Lipinski definition) is 4. The largest absolute Gasteiger partial charge is 0.303 e. The van der Waals surface area contributed by atoms with E-state index in [0.29, 0.717) is 6.04 Å². The summed E-state index contributed by atoms with van der Waals surface area (Å²) in [6.07, 6.45) is 7.31. The molecule has 2 aromatic rings. The van der Waals surface area contributed by atoms with Gasteiger partial charge in [0.05, 0.1) is 12.2 Å². The minimum absolute atomic E-state index is 0.547. The van der Waals surface area contributed by atoms with Crippen LogP contribution in [0.1, 0.15) is 23.8 Å². The Balaban J connectivity index is 1.45. The summed E-state index contributed by atoms with van der Waals surface area (Å²) >= 11 is 1.86. The highest BCUT2D eigenvalue weighted by molar-refractivity contribution is 7.09. The van der Waals surface area contributed by atoms with E-state index in [1.807, 2.05) is 22.2 Å². The monoisotopic (exact) mass is 262 g/mol. The third-order valence-corrected chi connectivity index (χ3v) is 4.56. The standard InChI is InChI=1S/C13H18N4S/c1-2-13(18-11-1)5-9-16-7-3-12(4-8-16)17-10-6-14-15-17/h1-2,6,10-12H,3-5,7-9H2. The molecule has 96 valence electrons. The molecule has 0 aromatic carbocycles. The zero-order valence-corrected chi connectivity index (χ0v) is 11.2. The van der Waals surface area contributed by atoms with Crippen molar-refractivity contribution in [1.29, 1.82) is 0 Å². The SMILES string of the molecule is c1csc(CCN2CCC(n3ccnn3)CC2)c1. The second kappa shape index (κ2) is 5.63. The lowest BCUT2D eigenvalue weighted by molar-refractivity contribution is 0.180. The van der Waals surface area contributed by atoms with Crippen LogP contribution < -0.4 is 0 Å². The quantitative estimate of drug-likeness (QED) is 0.847. The van der Waals surface area contributed by atoms with Crippen molar-refractivity contribution in [2.45, 2.75) is 25.3 Å². The molecule has 0 saturated carbocycles. The maximum absolute atomic E-state index is 4.10. The third kappa shape index (κ3) is 2.79. The van der Waals surface area contributed by atoms with E-state index in [4.69, 9.17) is 0 Å². The Labute approximate surface area is 111 Å². The summed E-state index contributed by atoms with van der Waals surface area (Å²) in [6, 6.07) is 4.91. The molecule has 0 bridgehead atoms. The Hall–Kier alpha value is -1.20. The van der Waals surface area contributed by atoms with Gasteiger partial charge in [0.15, 0.2) is 0 Å². The summed E-state index contributed by atoms with van der Waals surface area (Å²) in [5.74, 6) is 0. The average molecular weight is 262 g/mol. The van der Waals surface area contributed by atoms with Crippen molar-refractivity contribution in [1.82, 2.24) is 19.9 Å². The molecule has 0 spiro atoms. The maximum Gasteiger partial charge on any atom is 0.0693 e. The second-order valence-corrected chi connectivity index (χ2v) is 5.82. The Morgan fingerprint density at radius 1 is 1.33 bits per heavy atom. The molecule has 1 aliphatic rings. The van der Waals surface area contributed by atoms with Crippen LogP contribution in [0, 0.1) is 0 Å². The maximum atomic E-state index is 4.10. The van der Waals surface area contributed by atoms with Gasteiger partial charge in [0.1, 0.15) is 0 Å². The van der Waals surface area contributed by atoms with Crippen LogP contribution in [-0.2, 0) is 6.42 Å². The Morgan fingerprint density at radius 3 is 2.89 bits per heavy atom. The van der Waals surface area contributed by atoms with Gasteiger partial charge < -0.3 is 4.90 Å². The van der Waals surface area contributed by atoms with E-state index in [0.717, 1.165) is 0 Å². The Bertz CT molecular complexity index is 443. The van der Waals surface area contributed by atoms with Gasteiger partial charge in [-0.25, -0.2) is 4.68 Å². The van der Waals surface area contributed by atoms with Crippen LogP contribution in [-0.4, -0.2) is 39.5 Å². The first-order valence-electron chi connectivity index (χ1n) is 6.52. The molecule has 18 heavy (non-hydrogen) atoms. The minimum atomic E-state index is 0.547. The van der Waals surface area contributed by atoms with Gasteiger partial charge in [-0.2, -0.15) is 0 Å². The van der Waals surface area contributed by atoms with Crippen molar-refractivity contribution < 1.29 is 0 Å². The smallest absolute Gasteiger partial charge is 0.0693 e. The fourth-order valence-electron chi connectivity index (χ4n) is 2.54. The predicted octanol–water partition coefficient (Wildman–Crippen LogP) is 2.22. The molecule has 2 aromatic heterocycles. The van der Waals surface area contributed by atoms with Crippen molar-refractivity contribution in [2.75, 3.05) is 19.6 Å². The highest BCUT2D eigenvalue weighted by atomic mass is 32.1. The lowest BCUT2D eigenvalue weighted by Crippen LogP contribution is -2.36. The summed E-state index contributed by atoms with van der Waals surface area (Å²) < 4.78 is 2.01.